The molecule has 4 aliphatic rings. The van der Waals surface area contributed by atoms with Crippen LogP contribution in [0.2, 0.25) is 0 Å². The lowest BCUT2D eigenvalue weighted by Crippen LogP contribution is -2.50. The Morgan fingerprint density at radius 3 is 2.19 bits per heavy atom. The largest absolute Gasteiger partial charge is 0.353 e. The van der Waals surface area contributed by atoms with Gasteiger partial charge in [0, 0.05) is 51.4 Å². The summed E-state index contributed by atoms with van der Waals surface area (Å²) in [6.07, 6.45) is 9.56. The van der Waals surface area contributed by atoms with Gasteiger partial charge in [-0.25, -0.2) is 4.98 Å². The maximum absolute atomic E-state index is 13.8. The van der Waals surface area contributed by atoms with Gasteiger partial charge in [0.1, 0.15) is 5.82 Å². The van der Waals surface area contributed by atoms with E-state index in [4.69, 9.17) is 0 Å². The van der Waals surface area contributed by atoms with Gasteiger partial charge in [0.2, 0.25) is 11.8 Å². The molecule has 190 valence electrons. The van der Waals surface area contributed by atoms with Crippen LogP contribution in [0.4, 0.5) is 5.82 Å². The monoisotopic (exact) mass is 486 g/mol. The fraction of sp³-hybridized carbons (Fsp3) is 0.567. The molecule has 3 heterocycles. The minimum absolute atomic E-state index is 0.00483. The van der Waals surface area contributed by atoms with Crippen LogP contribution in [0.25, 0.3) is 0 Å². The summed E-state index contributed by atoms with van der Waals surface area (Å²) in [6.45, 7) is 4.82. The Bertz CT molecular complexity index is 1050. The Morgan fingerprint density at radius 1 is 0.833 bits per heavy atom. The Balaban J connectivity index is 1.04. The predicted octanol–water partition coefficient (Wildman–Crippen LogP) is 4.33. The Labute approximate surface area is 214 Å². The quantitative estimate of drug-likeness (QED) is 0.631. The Kier molecular flexibility index (Phi) is 6.44. The van der Waals surface area contributed by atoms with Crippen LogP contribution in [-0.4, -0.2) is 65.9 Å². The molecule has 2 aliphatic heterocycles. The number of hydrogen-bond donors (Lipinski definition) is 0. The number of carbonyl (C=O) groups is 2. The second-order valence-electron chi connectivity index (χ2n) is 11.4. The summed E-state index contributed by atoms with van der Waals surface area (Å²) in [7, 11) is 0. The van der Waals surface area contributed by atoms with Crippen molar-refractivity contribution in [3.05, 3.63) is 60.3 Å². The van der Waals surface area contributed by atoms with E-state index < -0.39 is 0 Å². The molecule has 2 aromatic rings. The molecule has 2 saturated heterocycles. The van der Waals surface area contributed by atoms with E-state index in [2.05, 4.69) is 43.9 Å². The predicted molar refractivity (Wildman–Crippen MR) is 141 cm³/mol. The zero-order valence-corrected chi connectivity index (χ0v) is 21.2. The number of aromatic nitrogens is 1. The van der Waals surface area contributed by atoms with Gasteiger partial charge in [-0.15, -0.1) is 0 Å². The van der Waals surface area contributed by atoms with Gasteiger partial charge in [0.15, 0.2) is 0 Å². The summed E-state index contributed by atoms with van der Waals surface area (Å²) in [5.41, 5.74) is 1.31. The third kappa shape index (κ3) is 4.51. The number of benzene rings is 1. The Morgan fingerprint density at radius 2 is 1.53 bits per heavy atom. The lowest BCUT2D eigenvalue weighted by molar-refractivity contribution is -0.136. The zero-order valence-electron chi connectivity index (χ0n) is 21.2. The van der Waals surface area contributed by atoms with Crippen LogP contribution in [0.5, 0.6) is 0 Å². The first kappa shape index (κ1) is 23.5. The molecule has 6 rings (SSSR count). The minimum atomic E-state index is -0.00483. The van der Waals surface area contributed by atoms with Gasteiger partial charge in [-0.3, -0.25) is 9.59 Å². The average Bonchev–Trinajstić information content (AvgIpc) is 3.36. The van der Waals surface area contributed by atoms with E-state index in [0.29, 0.717) is 17.7 Å². The number of hydrogen-bond acceptors (Lipinski definition) is 4. The van der Waals surface area contributed by atoms with E-state index in [1.807, 2.05) is 30.5 Å². The molecule has 1 spiro atoms. The van der Waals surface area contributed by atoms with E-state index >= 15 is 0 Å². The molecule has 36 heavy (non-hydrogen) atoms. The van der Waals surface area contributed by atoms with Gasteiger partial charge < -0.3 is 14.7 Å². The molecule has 0 unspecified atom stereocenters. The fourth-order valence-corrected chi connectivity index (χ4v) is 7.10. The molecule has 2 amide bonds. The lowest BCUT2D eigenvalue weighted by atomic mass is 9.82. The van der Waals surface area contributed by atoms with Gasteiger partial charge in [-0.1, -0.05) is 49.2 Å². The first-order valence-electron chi connectivity index (χ1n) is 13.9. The summed E-state index contributed by atoms with van der Waals surface area (Å²) in [5.74, 6) is 2.26. The fourth-order valence-electron chi connectivity index (χ4n) is 7.10. The van der Waals surface area contributed by atoms with Crippen molar-refractivity contribution >= 4 is 17.6 Å². The van der Waals surface area contributed by atoms with Crippen molar-refractivity contribution in [2.75, 3.05) is 44.2 Å². The van der Waals surface area contributed by atoms with Crippen LogP contribution < -0.4 is 4.90 Å². The number of piperidine rings is 1. The maximum atomic E-state index is 13.8. The van der Waals surface area contributed by atoms with Gasteiger partial charge in [-0.05, 0) is 61.1 Å². The third-order valence-electron chi connectivity index (χ3n) is 9.42. The zero-order chi connectivity index (χ0) is 24.5. The van der Waals surface area contributed by atoms with Gasteiger partial charge in [0.05, 0.1) is 5.92 Å². The second kappa shape index (κ2) is 9.87. The molecule has 1 aromatic heterocycles. The van der Waals surface area contributed by atoms with E-state index in [0.717, 1.165) is 77.2 Å². The molecule has 2 aliphatic carbocycles. The smallest absolute Gasteiger partial charge is 0.230 e. The van der Waals surface area contributed by atoms with Crippen LogP contribution >= 0.6 is 0 Å². The average molecular weight is 487 g/mol. The van der Waals surface area contributed by atoms with Gasteiger partial charge in [-0.2, -0.15) is 0 Å². The topological polar surface area (TPSA) is 56.8 Å². The highest BCUT2D eigenvalue weighted by molar-refractivity contribution is 5.85. The van der Waals surface area contributed by atoms with E-state index in [1.165, 1.54) is 18.4 Å². The highest BCUT2D eigenvalue weighted by Crippen LogP contribution is 2.60. The highest BCUT2D eigenvalue weighted by Gasteiger charge is 2.59. The lowest BCUT2D eigenvalue weighted by Gasteiger charge is -2.38. The van der Waals surface area contributed by atoms with Crippen molar-refractivity contribution in [1.29, 1.82) is 0 Å². The molecule has 0 radical (unpaired) electrons. The molecule has 6 heteroatoms. The van der Waals surface area contributed by atoms with Crippen LogP contribution in [-0.2, 0) is 9.59 Å². The van der Waals surface area contributed by atoms with E-state index in [9.17, 15) is 9.59 Å². The maximum Gasteiger partial charge on any atom is 0.230 e. The van der Waals surface area contributed by atoms with Crippen molar-refractivity contribution in [2.24, 2.45) is 17.3 Å². The van der Waals surface area contributed by atoms with Crippen molar-refractivity contribution in [3.8, 4) is 0 Å². The molecular weight excluding hydrogens is 448 g/mol. The van der Waals surface area contributed by atoms with Crippen LogP contribution in [0.3, 0.4) is 0 Å². The van der Waals surface area contributed by atoms with Crippen molar-refractivity contribution < 1.29 is 9.59 Å². The first-order chi connectivity index (χ1) is 17.6. The normalized spacial score (nSPS) is 24.7. The molecule has 0 bridgehead atoms. The van der Waals surface area contributed by atoms with Crippen LogP contribution in [0, 0.1) is 17.3 Å². The van der Waals surface area contributed by atoms with Crippen molar-refractivity contribution in [3.63, 3.8) is 0 Å². The van der Waals surface area contributed by atoms with Crippen LogP contribution in [0.15, 0.2) is 54.7 Å². The van der Waals surface area contributed by atoms with Crippen molar-refractivity contribution in [1.82, 2.24) is 14.8 Å². The highest BCUT2D eigenvalue weighted by atomic mass is 16.2. The number of carbonyl (C=O) groups excluding carboxylic acids is 2. The molecule has 1 aromatic carbocycles. The van der Waals surface area contributed by atoms with Gasteiger partial charge in [0.25, 0.3) is 0 Å². The van der Waals surface area contributed by atoms with Gasteiger partial charge >= 0.3 is 0 Å². The third-order valence-corrected chi connectivity index (χ3v) is 9.42. The summed E-state index contributed by atoms with van der Waals surface area (Å²) in [5, 5.41) is 0. The Hall–Kier alpha value is -2.89. The number of piperazine rings is 1. The standard InChI is InChI=1S/C30H38N4O2/c35-28(34-20-18-32(19-21-34)26-12-6-7-15-31-26)25-22-30(25)13-16-33(17-14-30)29(36)27(24-10-4-5-11-24)23-8-2-1-3-9-23/h1-3,6-9,12,15,24-25,27H,4-5,10-11,13-14,16-22H2/t25-,27-/m0/s1. The summed E-state index contributed by atoms with van der Waals surface area (Å²) in [4.78, 5) is 38.1. The number of nitrogens with zero attached hydrogens (tertiary/aromatic N) is 4. The number of rotatable bonds is 5. The molecule has 0 N–H and O–H groups in total. The minimum Gasteiger partial charge on any atom is -0.353 e. The van der Waals surface area contributed by atoms with Crippen molar-refractivity contribution in [2.45, 2.75) is 50.9 Å². The summed E-state index contributed by atoms with van der Waals surface area (Å²) in [6, 6.07) is 16.4. The number of pyridine rings is 1. The molecule has 2 saturated carbocycles. The summed E-state index contributed by atoms with van der Waals surface area (Å²) < 4.78 is 0. The SMILES string of the molecule is O=C([C@@H](c1ccccc1)C1CCCC1)N1CCC2(CC1)C[C@H]2C(=O)N1CCN(c2ccccn2)CC1. The molecule has 2 atom stereocenters. The van der Waals surface area contributed by atoms with Crippen LogP contribution in [0.1, 0.15) is 56.4 Å². The first-order valence-corrected chi connectivity index (χ1v) is 13.9. The summed E-state index contributed by atoms with van der Waals surface area (Å²) >= 11 is 0. The molecule has 4 fully saturated rings. The number of likely N-dealkylation sites (tertiary alicyclic amines) is 1. The molecule has 6 nitrogen and oxygen atoms in total. The molecular formula is C30H38N4O2. The number of amides is 2. The second-order valence-corrected chi connectivity index (χ2v) is 11.4. The van der Waals surface area contributed by atoms with E-state index in [-0.39, 0.29) is 17.3 Å². The van der Waals surface area contributed by atoms with E-state index in [1.54, 1.807) is 0 Å². The number of anilines is 1.